The number of carbonyl (C=O) groups is 1. The van der Waals surface area contributed by atoms with Crippen LogP contribution >= 0.6 is 23.6 Å². The van der Waals surface area contributed by atoms with Gasteiger partial charge in [0.15, 0.2) is 4.77 Å². The van der Waals surface area contributed by atoms with Crippen molar-refractivity contribution in [2.75, 3.05) is 19.6 Å². The monoisotopic (exact) mass is 429 g/mol. The van der Waals surface area contributed by atoms with Crippen LogP contribution in [0.4, 0.5) is 0 Å². The summed E-state index contributed by atoms with van der Waals surface area (Å²) < 4.78 is 29.6. The molecule has 11 heteroatoms. The van der Waals surface area contributed by atoms with E-state index in [1.165, 1.54) is 10.4 Å². The van der Waals surface area contributed by atoms with E-state index in [1.807, 2.05) is 11.5 Å². The first-order chi connectivity index (χ1) is 12.9. The number of rotatable bonds is 7. The molecule has 0 bridgehead atoms. The zero-order valence-electron chi connectivity index (χ0n) is 15.1. The van der Waals surface area contributed by atoms with E-state index in [-0.39, 0.29) is 15.7 Å². The van der Waals surface area contributed by atoms with Gasteiger partial charge in [-0.15, -0.1) is 11.3 Å². The molecule has 8 nitrogen and oxygen atoms in total. The molecule has 0 saturated carbocycles. The number of piperidine rings is 1. The Morgan fingerprint density at radius 2 is 2.11 bits per heavy atom. The number of carbonyl (C=O) groups excluding carboxylic acids is 1. The Balaban J connectivity index is 1.67. The Hall–Kier alpha value is -1.56. The Morgan fingerprint density at radius 1 is 1.37 bits per heavy atom. The quantitative estimate of drug-likeness (QED) is 0.657. The number of aromatic nitrogens is 3. The summed E-state index contributed by atoms with van der Waals surface area (Å²) in [7, 11) is -3.63. The molecule has 0 aliphatic carbocycles. The van der Waals surface area contributed by atoms with Crippen LogP contribution in [-0.2, 0) is 23.0 Å². The summed E-state index contributed by atoms with van der Waals surface area (Å²) in [6.45, 7) is 4.04. The first kappa shape index (κ1) is 20.2. The molecule has 3 rings (SSSR count). The highest BCUT2D eigenvalue weighted by Crippen LogP contribution is 2.27. The lowest BCUT2D eigenvalue weighted by Gasteiger charge is -2.25. The molecule has 27 heavy (non-hydrogen) atoms. The fourth-order valence-corrected chi connectivity index (χ4v) is 6.26. The molecule has 148 valence electrons. The maximum absolute atomic E-state index is 12.9. The molecule has 0 unspecified atom stereocenters. The highest BCUT2D eigenvalue weighted by molar-refractivity contribution is 7.89. The van der Waals surface area contributed by atoms with Crippen LogP contribution in [0.5, 0.6) is 0 Å². The number of amides is 1. The highest BCUT2D eigenvalue weighted by atomic mass is 32.2. The number of thiophene rings is 1. The number of aromatic amines is 1. The molecular weight excluding hydrogens is 406 g/mol. The largest absolute Gasteiger partial charge is 0.351 e. The Labute approximate surface area is 167 Å². The van der Waals surface area contributed by atoms with Crippen LogP contribution in [0.1, 0.15) is 41.7 Å². The number of nitrogens with one attached hydrogen (secondary N) is 2. The predicted molar refractivity (Wildman–Crippen MR) is 106 cm³/mol. The number of hydrogen-bond donors (Lipinski definition) is 2. The Kier molecular flexibility index (Phi) is 6.45. The van der Waals surface area contributed by atoms with Gasteiger partial charge in [-0.25, -0.2) is 8.42 Å². The molecule has 0 atom stereocenters. The van der Waals surface area contributed by atoms with E-state index in [9.17, 15) is 13.2 Å². The summed E-state index contributed by atoms with van der Waals surface area (Å²) in [5.74, 6) is 0.382. The van der Waals surface area contributed by atoms with Crippen LogP contribution in [-0.4, -0.2) is 53.0 Å². The summed E-state index contributed by atoms with van der Waals surface area (Å²) in [4.78, 5) is 12.9. The topological polar surface area (TPSA) is 100 Å². The molecule has 2 N–H and O–H groups in total. The Bertz CT molecular complexity index is 954. The summed E-state index contributed by atoms with van der Waals surface area (Å²) in [6.07, 6.45) is 3.26. The average molecular weight is 430 g/mol. The maximum atomic E-state index is 12.9. The minimum atomic E-state index is -3.63. The minimum Gasteiger partial charge on any atom is -0.351 e. The van der Waals surface area contributed by atoms with Crippen molar-refractivity contribution in [1.29, 1.82) is 0 Å². The zero-order valence-corrected chi connectivity index (χ0v) is 17.6. The SMILES string of the molecule is CCn1c(CCNC(=O)c2sccc2S(=O)(=O)N2CCCCC2)n[nH]c1=S. The van der Waals surface area contributed by atoms with E-state index in [0.717, 1.165) is 36.4 Å². The van der Waals surface area contributed by atoms with Crippen molar-refractivity contribution < 1.29 is 13.2 Å². The molecule has 0 aromatic carbocycles. The van der Waals surface area contributed by atoms with Crippen LogP contribution in [0.15, 0.2) is 16.3 Å². The predicted octanol–water partition coefficient (Wildman–Crippen LogP) is 2.17. The van der Waals surface area contributed by atoms with Gasteiger partial charge in [0.2, 0.25) is 10.0 Å². The molecule has 0 spiro atoms. The maximum Gasteiger partial charge on any atom is 0.262 e. The second kappa shape index (κ2) is 8.63. The molecule has 3 heterocycles. The minimum absolute atomic E-state index is 0.100. The summed E-state index contributed by atoms with van der Waals surface area (Å²) in [5.41, 5.74) is 0. The van der Waals surface area contributed by atoms with Crippen molar-refractivity contribution in [3.05, 3.63) is 26.9 Å². The fraction of sp³-hybridized carbons (Fsp3) is 0.562. The third-order valence-electron chi connectivity index (χ3n) is 4.56. The van der Waals surface area contributed by atoms with Crippen molar-refractivity contribution in [2.45, 2.75) is 44.0 Å². The van der Waals surface area contributed by atoms with Crippen LogP contribution < -0.4 is 5.32 Å². The van der Waals surface area contributed by atoms with Crippen molar-refractivity contribution in [1.82, 2.24) is 24.4 Å². The van der Waals surface area contributed by atoms with E-state index in [2.05, 4.69) is 15.5 Å². The van der Waals surface area contributed by atoms with Crippen LogP contribution in [0.25, 0.3) is 0 Å². The summed E-state index contributed by atoms with van der Waals surface area (Å²) >= 11 is 6.29. The van der Waals surface area contributed by atoms with Gasteiger partial charge < -0.3 is 9.88 Å². The number of nitrogens with zero attached hydrogens (tertiary/aromatic N) is 3. The van der Waals surface area contributed by atoms with Gasteiger partial charge in [-0.2, -0.15) is 9.40 Å². The van der Waals surface area contributed by atoms with E-state index in [4.69, 9.17) is 12.2 Å². The van der Waals surface area contributed by atoms with Gasteiger partial charge in [-0.3, -0.25) is 9.89 Å². The fourth-order valence-electron chi connectivity index (χ4n) is 3.15. The number of hydrogen-bond acceptors (Lipinski definition) is 6. The van der Waals surface area contributed by atoms with E-state index in [0.29, 0.717) is 37.4 Å². The molecule has 1 amide bonds. The lowest BCUT2D eigenvalue weighted by atomic mass is 10.2. The van der Waals surface area contributed by atoms with Crippen molar-refractivity contribution in [3.8, 4) is 0 Å². The molecule has 1 fully saturated rings. The van der Waals surface area contributed by atoms with Crippen LogP contribution in [0.3, 0.4) is 0 Å². The Morgan fingerprint density at radius 3 is 2.81 bits per heavy atom. The van der Waals surface area contributed by atoms with Gasteiger partial charge in [0.1, 0.15) is 15.6 Å². The smallest absolute Gasteiger partial charge is 0.262 e. The van der Waals surface area contributed by atoms with Crippen molar-refractivity contribution >= 4 is 39.5 Å². The van der Waals surface area contributed by atoms with Gasteiger partial charge in [0.05, 0.1) is 0 Å². The zero-order chi connectivity index (χ0) is 19.4. The molecule has 2 aromatic rings. The summed E-state index contributed by atoms with van der Waals surface area (Å²) in [6, 6.07) is 1.52. The van der Waals surface area contributed by atoms with Crippen molar-refractivity contribution in [2.24, 2.45) is 0 Å². The molecular formula is C16H23N5O3S3. The molecule has 1 saturated heterocycles. The number of sulfonamides is 1. The second-order valence-corrected chi connectivity index (χ2v) is 9.48. The number of H-pyrrole nitrogens is 1. The second-order valence-electron chi connectivity index (χ2n) is 6.27. The lowest BCUT2D eigenvalue weighted by molar-refractivity contribution is 0.0954. The molecule has 1 aliphatic heterocycles. The van der Waals surface area contributed by atoms with E-state index < -0.39 is 10.0 Å². The lowest BCUT2D eigenvalue weighted by Crippen LogP contribution is -2.36. The summed E-state index contributed by atoms with van der Waals surface area (Å²) in [5, 5.41) is 11.3. The van der Waals surface area contributed by atoms with Crippen molar-refractivity contribution in [3.63, 3.8) is 0 Å². The van der Waals surface area contributed by atoms with Gasteiger partial charge in [-0.05, 0) is 43.4 Å². The van der Waals surface area contributed by atoms with E-state index >= 15 is 0 Å². The first-order valence-electron chi connectivity index (χ1n) is 8.95. The first-order valence-corrected chi connectivity index (χ1v) is 11.7. The van der Waals surface area contributed by atoms with Gasteiger partial charge in [0.25, 0.3) is 5.91 Å². The third-order valence-corrected chi connectivity index (χ3v) is 7.85. The van der Waals surface area contributed by atoms with Gasteiger partial charge in [-0.1, -0.05) is 6.42 Å². The van der Waals surface area contributed by atoms with E-state index in [1.54, 1.807) is 5.38 Å². The third kappa shape index (κ3) is 4.31. The molecule has 1 aliphatic rings. The van der Waals surface area contributed by atoms with Gasteiger partial charge >= 0.3 is 0 Å². The molecule has 2 aromatic heterocycles. The normalized spacial score (nSPS) is 15.7. The average Bonchev–Trinajstić information content (AvgIpc) is 3.29. The van der Waals surface area contributed by atoms with Crippen LogP contribution in [0.2, 0.25) is 0 Å². The van der Waals surface area contributed by atoms with Gasteiger partial charge in [0, 0.05) is 32.6 Å². The molecule has 0 radical (unpaired) electrons. The standard InChI is InChI=1S/C16H23N5O3S3/c1-2-21-13(18-19-16(21)25)6-8-17-15(22)14-12(7-11-26-14)27(23,24)20-9-4-3-5-10-20/h7,11H,2-6,8-10H2,1H3,(H,17,22)(H,19,25). The van der Waals surface area contributed by atoms with Crippen LogP contribution in [0, 0.1) is 4.77 Å². The highest BCUT2D eigenvalue weighted by Gasteiger charge is 2.30.